The second kappa shape index (κ2) is 9.22. The summed E-state index contributed by atoms with van der Waals surface area (Å²) in [4.78, 5) is 22.3. The molecule has 1 heterocycles. The summed E-state index contributed by atoms with van der Waals surface area (Å²) in [6.45, 7) is 3.24. The summed E-state index contributed by atoms with van der Waals surface area (Å²) in [6.07, 6.45) is 0. The predicted molar refractivity (Wildman–Crippen MR) is 117 cm³/mol. The maximum Gasteiger partial charge on any atom is 0.239 e. The molecule has 28 heavy (non-hydrogen) atoms. The lowest BCUT2D eigenvalue weighted by atomic mass is 10.2. The van der Waals surface area contributed by atoms with Crippen molar-refractivity contribution < 1.29 is 9.18 Å². The van der Waals surface area contributed by atoms with E-state index < -0.39 is 0 Å². The van der Waals surface area contributed by atoms with Crippen molar-refractivity contribution in [2.45, 2.75) is 11.8 Å². The molecule has 0 saturated carbocycles. The van der Waals surface area contributed by atoms with Crippen molar-refractivity contribution in [3.05, 3.63) is 52.8 Å². The average molecular weight is 438 g/mol. The van der Waals surface area contributed by atoms with Crippen LogP contribution in [0.5, 0.6) is 0 Å². The SMILES string of the molecule is Cc1cc(Cl)cc2sc(N(CCN(C)C)C(=O)CSc3ccc(F)cc3)nc12. The molecule has 1 aromatic heterocycles. The van der Waals surface area contributed by atoms with Gasteiger partial charge in [-0.3, -0.25) is 9.69 Å². The number of fused-ring (bicyclic) bond motifs is 1. The van der Waals surface area contributed by atoms with E-state index >= 15 is 0 Å². The van der Waals surface area contributed by atoms with E-state index in [1.807, 2.05) is 38.1 Å². The highest BCUT2D eigenvalue weighted by molar-refractivity contribution is 8.00. The van der Waals surface area contributed by atoms with Crippen LogP contribution in [0.4, 0.5) is 9.52 Å². The summed E-state index contributed by atoms with van der Waals surface area (Å²) in [5.74, 6) is -0.0554. The number of nitrogens with zero attached hydrogens (tertiary/aromatic N) is 3. The van der Waals surface area contributed by atoms with Crippen molar-refractivity contribution in [3.63, 3.8) is 0 Å². The second-order valence-electron chi connectivity index (χ2n) is 6.66. The van der Waals surface area contributed by atoms with Crippen LogP contribution in [0.15, 0.2) is 41.3 Å². The summed E-state index contributed by atoms with van der Waals surface area (Å²) >= 11 is 9.03. The highest BCUT2D eigenvalue weighted by Crippen LogP contribution is 2.33. The molecular formula is C20H21ClFN3OS2. The van der Waals surface area contributed by atoms with Crippen LogP contribution in [-0.4, -0.2) is 48.7 Å². The first-order valence-electron chi connectivity index (χ1n) is 8.73. The number of likely N-dealkylation sites (N-methyl/N-ethyl adjacent to an activating group) is 1. The van der Waals surface area contributed by atoms with Gasteiger partial charge in [-0.25, -0.2) is 9.37 Å². The van der Waals surface area contributed by atoms with Crippen LogP contribution in [0, 0.1) is 12.7 Å². The third kappa shape index (κ3) is 5.23. The van der Waals surface area contributed by atoms with Crippen molar-refractivity contribution in [2.75, 3.05) is 37.8 Å². The molecule has 3 aromatic rings. The first-order chi connectivity index (χ1) is 13.3. The zero-order valence-electron chi connectivity index (χ0n) is 15.9. The summed E-state index contributed by atoms with van der Waals surface area (Å²) in [5, 5.41) is 1.34. The van der Waals surface area contributed by atoms with E-state index in [0.717, 1.165) is 27.2 Å². The van der Waals surface area contributed by atoms with Gasteiger partial charge in [-0.15, -0.1) is 11.8 Å². The van der Waals surface area contributed by atoms with E-state index in [9.17, 15) is 9.18 Å². The van der Waals surface area contributed by atoms with E-state index in [0.29, 0.717) is 16.7 Å². The van der Waals surface area contributed by atoms with E-state index in [1.165, 1.54) is 35.2 Å². The summed E-state index contributed by atoms with van der Waals surface area (Å²) in [5.41, 5.74) is 1.86. The van der Waals surface area contributed by atoms with Crippen molar-refractivity contribution in [2.24, 2.45) is 0 Å². The molecule has 0 unspecified atom stereocenters. The molecule has 2 aromatic carbocycles. The quantitative estimate of drug-likeness (QED) is 0.483. The first-order valence-corrected chi connectivity index (χ1v) is 10.9. The maximum atomic E-state index is 13.1. The molecule has 0 fully saturated rings. The first kappa shape index (κ1) is 21.0. The number of thiazole rings is 1. The number of carbonyl (C=O) groups excluding carboxylic acids is 1. The molecule has 0 bridgehead atoms. The number of thioether (sulfide) groups is 1. The Labute approximate surface area is 177 Å². The highest BCUT2D eigenvalue weighted by atomic mass is 35.5. The summed E-state index contributed by atoms with van der Waals surface area (Å²) < 4.78 is 14.0. The number of halogens is 2. The Morgan fingerprint density at radius 3 is 2.61 bits per heavy atom. The Hall–Kier alpha value is -1.67. The molecule has 0 N–H and O–H groups in total. The Bertz CT molecular complexity index is 975. The fourth-order valence-electron chi connectivity index (χ4n) is 2.64. The molecule has 0 radical (unpaired) electrons. The molecule has 0 aliphatic rings. The van der Waals surface area contributed by atoms with Gasteiger partial charge in [0.1, 0.15) is 5.82 Å². The van der Waals surface area contributed by atoms with E-state index in [-0.39, 0.29) is 17.5 Å². The number of rotatable bonds is 7. The third-order valence-electron chi connectivity index (χ3n) is 4.12. The van der Waals surface area contributed by atoms with Crippen LogP contribution < -0.4 is 4.90 Å². The Balaban J connectivity index is 1.82. The van der Waals surface area contributed by atoms with Gasteiger partial charge in [0.15, 0.2) is 5.13 Å². The largest absolute Gasteiger partial charge is 0.308 e. The topological polar surface area (TPSA) is 36.4 Å². The third-order valence-corrected chi connectivity index (χ3v) is 6.36. The highest BCUT2D eigenvalue weighted by Gasteiger charge is 2.21. The number of aryl methyl sites for hydroxylation is 1. The lowest BCUT2D eigenvalue weighted by Crippen LogP contribution is -2.37. The minimum Gasteiger partial charge on any atom is -0.308 e. The summed E-state index contributed by atoms with van der Waals surface area (Å²) in [7, 11) is 3.94. The lowest BCUT2D eigenvalue weighted by molar-refractivity contribution is -0.116. The number of hydrogen-bond donors (Lipinski definition) is 0. The fraction of sp³-hybridized carbons (Fsp3) is 0.300. The number of hydrogen-bond acceptors (Lipinski definition) is 5. The normalized spacial score (nSPS) is 11.4. The monoisotopic (exact) mass is 437 g/mol. The molecule has 0 spiro atoms. The Morgan fingerprint density at radius 2 is 1.93 bits per heavy atom. The smallest absolute Gasteiger partial charge is 0.239 e. The van der Waals surface area contributed by atoms with Crippen LogP contribution in [-0.2, 0) is 4.79 Å². The second-order valence-corrected chi connectivity index (χ2v) is 9.15. The number of benzene rings is 2. The minimum atomic E-state index is -0.285. The van der Waals surface area contributed by atoms with Crippen molar-refractivity contribution >= 4 is 56.0 Å². The van der Waals surface area contributed by atoms with Gasteiger partial charge in [0.2, 0.25) is 5.91 Å². The zero-order chi connectivity index (χ0) is 20.3. The maximum absolute atomic E-state index is 13.1. The zero-order valence-corrected chi connectivity index (χ0v) is 18.3. The van der Waals surface area contributed by atoms with E-state index in [4.69, 9.17) is 16.6 Å². The van der Waals surface area contributed by atoms with Gasteiger partial charge < -0.3 is 4.90 Å². The van der Waals surface area contributed by atoms with Gasteiger partial charge in [-0.2, -0.15) is 0 Å². The van der Waals surface area contributed by atoms with Crippen LogP contribution in [0.25, 0.3) is 10.2 Å². The van der Waals surface area contributed by atoms with Gasteiger partial charge in [-0.1, -0.05) is 22.9 Å². The molecule has 148 valence electrons. The predicted octanol–water partition coefficient (Wildman–Crippen LogP) is 5.08. The Kier molecular flexibility index (Phi) is 6.93. The fourth-order valence-corrected chi connectivity index (χ4v) is 4.88. The summed E-state index contributed by atoms with van der Waals surface area (Å²) in [6, 6.07) is 9.92. The van der Waals surface area contributed by atoms with Crippen LogP contribution in [0.1, 0.15) is 5.56 Å². The number of anilines is 1. The number of carbonyl (C=O) groups is 1. The van der Waals surface area contributed by atoms with Crippen molar-refractivity contribution in [1.82, 2.24) is 9.88 Å². The number of aromatic nitrogens is 1. The van der Waals surface area contributed by atoms with Crippen LogP contribution in [0.3, 0.4) is 0 Å². The van der Waals surface area contributed by atoms with Crippen LogP contribution in [0.2, 0.25) is 5.02 Å². The number of amides is 1. The Morgan fingerprint density at radius 1 is 1.21 bits per heavy atom. The van der Waals surface area contributed by atoms with E-state index in [1.54, 1.807) is 17.0 Å². The molecule has 3 rings (SSSR count). The molecular weight excluding hydrogens is 417 g/mol. The molecule has 0 saturated heterocycles. The molecule has 4 nitrogen and oxygen atoms in total. The van der Waals surface area contributed by atoms with Gasteiger partial charge in [0.25, 0.3) is 0 Å². The van der Waals surface area contributed by atoms with Crippen molar-refractivity contribution in [1.29, 1.82) is 0 Å². The molecule has 0 aliphatic carbocycles. The average Bonchev–Trinajstić information content (AvgIpc) is 3.05. The molecule has 0 atom stereocenters. The van der Waals surface area contributed by atoms with Gasteiger partial charge in [0, 0.05) is 23.0 Å². The molecule has 1 amide bonds. The minimum absolute atomic E-state index is 0.0287. The van der Waals surface area contributed by atoms with E-state index in [2.05, 4.69) is 0 Å². The van der Waals surface area contributed by atoms with Crippen LogP contribution >= 0.6 is 34.7 Å². The standard InChI is InChI=1S/C20H21ClFN3OS2/c1-13-10-14(21)11-17-19(13)23-20(28-17)25(9-8-24(2)3)18(26)12-27-16-6-4-15(22)5-7-16/h4-7,10-11H,8-9,12H2,1-3H3. The van der Waals surface area contributed by atoms with Gasteiger partial charge in [0.05, 0.1) is 16.0 Å². The van der Waals surface area contributed by atoms with Crippen molar-refractivity contribution in [3.8, 4) is 0 Å². The molecule has 0 aliphatic heterocycles. The van der Waals surface area contributed by atoms with Gasteiger partial charge >= 0.3 is 0 Å². The lowest BCUT2D eigenvalue weighted by Gasteiger charge is -2.21. The van der Waals surface area contributed by atoms with Gasteiger partial charge in [-0.05, 0) is 63.0 Å². The molecule has 8 heteroatoms.